The van der Waals surface area contributed by atoms with Crippen LogP contribution in [0.1, 0.15) is 81.5 Å². The van der Waals surface area contributed by atoms with Gasteiger partial charge in [0.15, 0.2) is 0 Å². The van der Waals surface area contributed by atoms with E-state index in [1.807, 2.05) is 9.80 Å². The van der Waals surface area contributed by atoms with Crippen molar-refractivity contribution in [3.8, 4) is 5.75 Å². The molecule has 0 saturated carbocycles. The van der Waals surface area contributed by atoms with Crippen molar-refractivity contribution in [2.45, 2.75) is 95.3 Å². The normalized spacial score (nSPS) is 20.6. The maximum atomic E-state index is 13.1. The van der Waals surface area contributed by atoms with E-state index in [2.05, 4.69) is 22.9 Å². The summed E-state index contributed by atoms with van der Waals surface area (Å²) in [5, 5.41) is 19.4. The van der Waals surface area contributed by atoms with E-state index in [1.165, 1.54) is 31.7 Å². The van der Waals surface area contributed by atoms with E-state index in [-0.39, 0.29) is 41.5 Å². The number of anilines is 6. The van der Waals surface area contributed by atoms with Gasteiger partial charge in [0.1, 0.15) is 5.75 Å². The van der Waals surface area contributed by atoms with Gasteiger partial charge in [0.2, 0.25) is 23.8 Å². The minimum atomic E-state index is -0.409. The van der Waals surface area contributed by atoms with Crippen molar-refractivity contribution in [3.63, 3.8) is 0 Å². The lowest BCUT2D eigenvalue weighted by molar-refractivity contribution is -0.116. The number of aromatic nitrogens is 3. The molecule has 4 atom stereocenters. The van der Waals surface area contributed by atoms with Crippen LogP contribution in [0, 0.1) is 0 Å². The molecule has 15 heteroatoms. The van der Waals surface area contributed by atoms with Gasteiger partial charge in [-0.15, -0.1) is 0 Å². The van der Waals surface area contributed by atoms with Gasteiger partial charge in [-0.3, -0.25) is 9.59 Å². The van der Waals surface area contributed by atoms with Crippen LogP contribution >= 0.6 is 0 Å². The van der Waals surface area contributed by atoms with Gasteiger partial charge >= 0.3 is 0 Å². The average molecular weight is 703 g/mol. The molecule has 0 bridgehead atoms. The third-order valence-corrected chi connectivity index (χ3v) is 9.15. The second-order valence-corrected chi connectivity index (χ2v) is 13.9. The number of hydrogen-bond acceptors (Lipinski definition) is 13. The highest BCUT2D eigenvalue weighted by atomic mass is 16.3. The quantitative estimate of drug-likeness (QED) is 0.0838. The van der Waals surface area contributed by atoms with Crippen molar-refractivity contribution in [2.75, 3.05) is 51.9 Å². The standard InChI is InChI=1S/C36H54N12O3/c1-2-3-4-5-6-7-8-9-32(50)41-29-14-15-30(31(49)18-29)43-33(51)23-10-12-28(13-11-23)42-34-44-35(47-19-24(37)16-25(38)20-47)46-36(45-34)48-21-26(39)17-27(40)22-48/h10-15,18,24-27,49H,2-9,16-17,19-22,37-40H2,1H3,(H,41,50)(H,43,51)(H,42,44,45,46)/t24-,25+,26-,27+. The predicted octanol–water partition coefficient (Wildman–Crippen LogP) is 3.38. The first-order valence-electron chi connectivity index (χ1n) is 18.2. The zero-order valence-corrected chi connectivity index (χ0v) is 29.6. The number of carbonyl (C=O) groups is 2. The van der Waals surface area contributed by atoms with Crippen LogP contribution in [0.2, 0.25) is 0 Å². The van der Waals surface area contributed by atoms with Crippen molar-refractivity contribution >= 4 is 46.7 Å². The van der Waals surface area contributed by atoms with Gasteiger partial charge in [0.25, 0.3) is 5.91 Å². The van der Waals surface area contributed by atoms with Crippen LogP contribution in [0.5, 0.6) is 5.75 Å². The number of rotatable bonds is 15. The fourth-order valence-electron chi connectivity index (χ4n) is 6.59. The molecule has 2 aliphatic heterocycles. The van der Waals surface area contributed by atoms with E-state index in [4.69, 9.17) is 37.9 Å². The van der Waals surface area contributed by atoms with Gasteiger partial charge in [0.05, 0.1) is 5.69 Å². The molecule has 3 heterocycles. The van der Waals surface area contributed by atoms with E-state index in [0.29, 0.717) is 67.4 Å². The number of phenols is 1. The van der Waals surface area contributed by atoms with E-state index >= 15 is 0 Å². The Kier molecular flexibility index (Phi) is 13.4. The number of hydrogen-bond donors (Lipinski definition) is 8. The molecule has 2 saturated heterocycles. The largest absolute Gasteiger partial charge is 0.506 e. The first kappa shape index (κ1) is 37.7. The summed E-state index contributed by atoms with van der Waals surface area (Å²) < 4.78 is 0. The number of unbranched alkanes of at least 4 members (excludes halogenated alkanes) is 6. The molecule has 2 aliphatic rings. The van der Waals surface area contributed by atoms with Gasteiger partial charge in [-0.05, 0) is 55.7 Å². The van der Waals surface area contributed by atoms with Gasteiger partial charge in [-0.1, -0.05) is 45.4 Å². The van der Waals surface area contributed by atoms with Crippen LogP contribution < -0.4 is 48.7 Å². The first-order valence-corrected chi connectivity index (χ1v) is 18.2. The van der Waals surface area contributed by atoms with Crippen LogP contribution in [0.3, 0.4) is 0 Å². The van der Waals surface area contributed by atoms with Crippen molar-refractivity contribution in [2.24, 2.45) is 22.9 Å². The minimum absolute atomic E-state index is 0.0992. The highest BCUT2D eigenvalue weighted by Gasteiger charge is 2.29. The Morgan fingerprint density at radius 2 is 1.25 bits per heavy atom. The molecule has 2 fully saturated rings. The van der Waals surface area contributed by atoms with Gasteiger partial charge in [-0.25, -0.2) is 0 Å². The van der Waals surface area contributed by atoms with Crippen molar-refractivity contribution in [3.05, 3.63) is 48.0 Å². The van der Waals surface area contributed by atoms with Crippen molar-refractivity contribution < 1.29 is 14.7 Å². The summed E-state index contributed by atoms with van der Waals surface area (Å²) in [4.78, 5) is 43.5. The van der Waals surface area contributed by atoms with E-state index < -0.39 is 5.91 Å². The molecule has 276 valence electrons. The molecular formula is C36H54N12O3. The topological polar surface area (TPSA) is 240 Å². The van der Waals surface area contributed by atoms with Crippen molar-refractivity contribution in [1.29, 1.82) is 0 Å². The number of phenolic OH excluding ortho intramolecular Hbond substituents is 1. The fraction of sp³-hybridized carbons (Fsp3) is 0.528. The maximum Gasteiger partial charge on any atom is 0.255 e. The number of nitrogens with zero attached hydrogens (tertiary/aromatic N) is 5. The monoisotopic (exact) mass is 702 g/mol. The summed E-state index contributed by atoms with van der Waals surface area (Å²) in [6.07, 6.45) is 9.78. The first-order chi connectivity index (χ1) is 24.6. The lowest BCUT2D eigenvalue weighted by atomic mass is 10.0. The molecule has 0 spiro atoms. The average Bonchev–Trinajstić information content (AvgIpc) is 3.08. The Balaban J connectivity index is 1.20. The third kappa shape index (κ3) is 11.2. The fourth-order valence-corrected chi connectivity index (χ4v) is 6.59. The minimum Gasteiger partial charge on any atom is -0.506 e. The van der Waals surface area contributed by atoms with E-state index in [0.717, 1.165) is 32.1 Å². The van der Waals surface area contributed by atoms with Crippen LogP contribution in [0.4, 0.5) is 34.9 Å². The predicted molar refractivity (Wildman–Crippen MR) is 202 cm³/mol. The molecule has 0 radical (unpaired) electrons. The Bertz CT molecular complexity index is 1540. The second-order valence-electron chi connectivity index (χ2n) is 13.9. The zero-order chi connectivity index (χ0) is 36.3. The van der Waals surface area contributed by atoms with Gasteiger partial charge in [0, 0.05) is 79.8 Å². The third-order valence-electron chi connectivity index (χ3n) is 9.15. The SMILES string of the molecule is CCCCCCCCCC(=O)Nc1ccc(NC(=O)c2ccc(Nc3nc(N4C[C@H](N)C[C@H](N)C4)nc(N4C[C@H](N)C[C@H](N)C4)n3)cc2)c(O)c1. The molecular weight excluding hydrogens is 648 g/mol. The van der Waals surface area contributed by atoms with E-state index in [9.17, 15) is 14.7 Å². The molecule has 3 aromatic rings. The number of piperidine rings is 2. The number of carbonyl (C=O) groups excluding carboxylic acids is 2. The van der Waals surface area contributed by atoms with Crippen LogP contribution in [-0.4, -0.2) is 82.2 Å². The van der Waals surface area contributed by atoms with E-state index in [1.54, 1.807) is 36.4 Å². The number of benzene rings is 2. The molecule has 2 amide bonds. The van der Waals surface area contributed by atoms with Gasteiger partial charge < -0.3 is 53.8 Å². The molecule has 1 aromatic heterocycles. The second kappa shape index (κ2) is 18.1. The van der Waals surface area contributed by atoms with Crippen molar-refractivity contribution in [1.82, 2.24) is 15.0 Å². The number of nitrogens with two attached hydrogens (primary N) is 4. The molecule has 0 aliphatic carbocycles. The molecule has 0 unspecified atom stereocenters. The Hall–Kier alpha value is -4.57. The van der Waals surface area contributed by atoms with Crippen LogP contribution in [-0.2, 0) is 4.79 Å². The summed E-state index contributed by atoms with van der Waals surface area (Å²) in [6.45, 7) is 4.44. The number of nitrogens with one attached hydrogen (secondary N) is 3. The highest BCUT2D eigenvalue weighted by molar-refractivity contribution is 6.05. The summed E-state index contributed by atoms with van der Waals surface area (Å²) in [5.41, 5.74) is 26.8. The summed E-state index contributed by atoms with van der Waals surface area (Å²) in [5.74, 6) is 0.562. The zero-order valence-electron chi connectivity index (χ0n) is 29.6. The Labute approximate surface area is 300 Å². The van der Waals surface area contributed by atoms with Gasteiger partial charge in [-0.2, -0.15) is 15.0 Å². The van der Waals surface area contributed by atoms with Crippen LogP contribution in [0.25, 0.3) is 0 Å². The molecule has 12 N–H and O–H groups in total. The summed E-state index contributed by atoms with van der Waals surface area (Å²) in [6, 6.07) is 11.0. The number of amides is 2. The molecule has 5 rings (SSSR count). The molecule has 15 nitrogen and oxygen atoms in total. The smallest absolute Gasteiger partial charge is 0.255 e. The summed E-state index contributed by atoms with van der Waals surface area (Å²) in [7, 11) is 0. The summed E-state index contributed by atoms with van der Waals surface area (Å²) >= 11 is 0. The maximum absolute atomic E-state index is 13.1. The Morgan fingerprint density at radius 1 is 0.725 bits per heavy atom. The highest BCUT2D eigenvalue weighted by Crippen LogP contribution is 2.28. The Morgan fingerprint density at radius 3 is 1.80 bits per heavy atom. The molecule has 51 heavy (non-hydrogen) atoms. The van der Waals surface area contributed by atoms with Crippen LogP contribution in [0.15, 0.2) is 42.5 Å². The molecule has 2 aromatic carbocycles. The number of aromatic hydroxyl groups is 1. The lowest BCUT2D eigenvalue weighted by Gasteiger charge is -2.37. The lowest BCUT2D eigenvalue weighted by Crippen LogP contribution is -2.54.